The number of aliphatic imine (C=N–C) groups is 1. The number of fused-ring (bicyclic) bond motifs is 2. The summed E-state index contributed by atoms with van der Waals surface area (Å²) in [5.41, 5.74) is 7.41. The fourth-order valence-electron chi connectivity index (χ4n) is 5.25. The number of hydrogen-bond donors (Lipinski definition) is 0. The Balaban J connectivity index is 1.57. The van der Waals surface area contributed by atoms with Crippen molar-refractivity contribution in [3.05, 3.63) is 156 Å². The van der Waals surface area contributed by atoms with Crippen LogP contribution in [0.25, 0.3) is 50.0 Å². The topological polar surface area (TPSA) is 104 Å². The third-order valence-electron chi connectivity index (χ3n) is 7.19. The van der Waals surface area contributed by atoms with Gasteiger partial charge in [-0.15, -0.1) is 4.95 Å². The first-order valence-electron chi connectivity index (χ1n) is 13.7. The molecule has 44 heavy (non-hydrogen) atoms. The smallest absolute Gasteiger partial charge is 0.206 e. The van der Waals surface area contributed by atoms with E-state index in [0.29, 0.717) is 45.6 Å². The van der Waals surface area contributed by atoms with Crippen molar-refractivity contribution >= 4 is 11.4 Å². The van der Waals surface area contributed by atoms with E-state index in [1.807, 2.05) is 128 Å². The highest BCUT2D eigenvalue weighted by Crippen LogP contribution is 2.36. The lowest BCUT2D eigenvalue weighted by atomic mass is 9.92. The lowest BCUT2D eigenvalue weighted by Gasteiger charge is -2.22. The van der Waals surface area contributed by atoms with Crippen LogP contribution in [0, 0.1) is 18.0 Å². The first kappa shape index (κ1) is 26.3. The Labute approximate surface area is 253 Å². The van der Waals surface area contributed by atoms with E-state index in [1.54, 1.807) is 0 Å². The number of nitriles is 1. The molecule has 8 nitrogen and oxygen atoms in total. The molecule has 0 bridgehead atoms. The van der Waals surface area contributed by atoms with Gasteiger partial charge < -0.3 is 0 Å². The van der Waals surface area contributed by atoms with E-state index in [0.717, 1.165) is 22.3 Å². The quantitative estimate of drug-likeness (QED) is 0.127. The number of aromatic nitrogens is 4. The maximum atomic E-state index is 9.86. The van der Waals surface area contributed by atoms with Crippen LogP contribution in [0.3, 0.4) is 0 Å². The van der Waals surface area contributed by atoms with Gasteiger partial charge in [-0.3, -0.25) is 0 Å². The third-order valence-corrected chi connectivity index (χ3v) is 7.19. The van der Waals surface area contributed by atoms with E-state index in [9.17, 15) is 5.26 Å². The Kier molecular flexibility index (Phi) is 6.76. The van der Waals surface area contributed by atoms with E-state index >= 15 is 0 Å². The first-order valence-corrected chi connectivity index (χ1v) is 13.7. The van der Waals surface area contributed by atoms with Gasteiger partial charge in [-0.25, -0.2) is 19.9 Å². The van der Waals surface area contributed by atoms with E-state index in [2.05, 4.69) is 15.0 Å². The van der Waals surface area contributed by atoms with Crippen molar-refractivity contribution in [3.63, 3.8) is 0 Å². The molecule has 2 heterocycles. The summed E-state index contributed by atoms with van der Waals surface area (Å²) in [7, 11) is 0. The molecule has 1 aliphatic carbocycles. The molecule has 0 spiro atoms. The highest BCUT2D eigenvalue weighted by molar-refractivity contribution is 6.29. The summed E-state index contributed by atoms with van der Waals surface area (Å²) in [6.07, 6.45) is 1.93. The van der Waals surface area contributed by atoms with Gasteiger partial charge in [0.15, 0.2) is 0 Å². The normalized spacial score (nSPS) is 11.5. The van der Waals surface area contributed by atoms with Crippen molar-refractivity contribution in [2.24, 2.45) is 10.1 Å². The molecular weight excluding hydrogens is 544 g/mol. The second-order valence-electron chi connectivity index (χ2n) is 9.81. The summed E-state index contributed by atoms with van der Waals surface area (Å²) >= 11 is 0. The van der Waals surface area contributed by atoms with E-state index in [4.69, 9.17) is 26.5 Å². The summed E-state index contributed by atoms with van der Waals surface area (Å²) < 4.78 is 0. The van der Waals surface area contributed by atoms with Gasteiger partial charge in [0.05, 0.1) is 27.9 Å². The maximum absolute atomic E-state index is 9.86. The van der Waals surface area contributed by atoms with Crippen molar-refractivity contribution < 1.29 is 0 Å². The van der Waals surface area contributed by atoms with Crippen LogP contribution in [0.2, 0.25) is 0 Å². The summed E-state index contributed by atoms with van der Waals surface area (Å²) in [6.45, 7) is 7.70. The zero-order valence-corrected chi connectivity index (χ0v) is 23.1. The molecule has 4 aromatic carbocycles. The molecule has 204 valence electrons. The van der Waals surface area contributed by atoms with Gasteiger partial charge in [0, 0.05) is 22.3 Å². The van der Waals surface area contributed by atoms with Crippen LogP contribution in [0.1, 0.15) is 22.8 Å². The van der Waals surface area contributed by atoms with Crippen LogP contribution in [0.4, 0.5) is 0 Å². The maximum Gasteiger partial charge on any atom is 0.206 e. The molecule has 6 aromatic rings. The molecule has 0 saturated heterocycles. The largest absolute Gasteiger partial charge is 0.241 e. The van der Waals surface area contributed by atoms with Crippen LogP contribution < -0.4 is 0 Å². The van der Waals surface area contributed by atoms with Crippen LogP contribution in [0.5, 0.6) is 0 Å². The van der Waals surface area contributed by atoms with Crippen LogP contribution in [-0.4, -0.2) is 31.4 Å². The van der Waals surface area contributed by atoms with Crippen LogP contribution in [0.15, 0.2) is 131 Å². The highest BCUT2D eigenvalue weighted by Gasteiger charge is 2.37. The Bertz CT molecular complexity index is 1870. The Morgan fingerprint density at radius 3 is 1.02 bits per heavy atom. The summed E-state index contributed by atoms with van der Waals surface area (Å²) in [5.74, 6) is 0. The molecule has 0 saturated carbocycles. The van der Waals surface area contributed by atoms with Crippen molar-refractivity contribution in [2.45, 2.75) is 0 Å². The minimum Gasteiger partial charge on any atom is -0.241 e. The molecule has 0 unspecified atom stereocenters. The predicted molar refractivity (Wildman–Crippen MR) is 169 cm³/mol. The molecular formula is C36H20N8. The molecule has 7 rings (SSSR count). The van der Waals surface area contributed by atoms with Gasteiger partial charge in [0.25, 0.3) is 0 Å². The lowest BCUT2D eigenvalue weighted by Crippen LogP contribution is -2.28. The minimum absolute atomic E-state index is 0.218. The lowest BCUT2D eigenvalue weighted by molar-refractivity contribution is 1.10. The fraction of sp³-hybridized carbons (Fsp3) is 0. The van der Waals surface area contributed by atoms with Gasteiger partial charge in [0.1, 0.15) is 28.5 Å². The standard InChI is InChI=1S/C36H20N8/c1-38-44-36-34-32(40-27(23-14-6-2-7-15-23)29(42-34)25-18-10-4-11-19-25)31(39-22-37)33-35(36)43-30(26-20-12-5-13-21-26)28(41-33)24-16-8-3-9-17-24/h2-21H. The van der Waals surface area contributed by atoms with Gasteiger partial charge in [0.2, 0.25) is 11.9 Å². The monoisotopic (exact) mass is 564 g/mol. The Hall–Kier alpha value is -6.64. The van der Waals surface area contributed by atoms with E-state index in [1.165, 1.54) is 0 Å². The van der Waals surface area contributed by atoms with Gasteiger partial charge >= 0.3 is 0 Å². The van der Waals surface area contributed by atoms with E-state index in [-0.39, 0.29) is 11.4 Å². The molecule has 0 fully saturated rings. The number of benzene rings is 4. The SMILES string of the molecule is [C-]#[N+]N=C1c2nc(-c3ccccc3)c(-c3ccccc3)nc2C(=NC#N)c2nc(-c3ccccc3)c(-c3ccccc3)nc21. The van der Waals surface area contributed by atoms with Crippen LogP contribution >= 0.6 is 0 Å². The van der Waals surface area contributed by atoms with Crippen molar-refractivity contribution in [1.29, 1.82) is 5.26 Å². The van der Waals surface area contributed by atoms with Crippen molar-refractivity contribution in [1.82, 2.24) is 19.9 Å². The molecule has 0 N–H and O–H groups in total. The molecule has 0 radical (unpaired) electrons. The van der Waals surface area contributed by atoms with E-state index < -0.39 is 0 Å². The van der Waals surface area contributed by atoms with Crippen LogP contribution in [-0.2, 0) is 0 Å². The van der Waals surface area contributed by atoms with Gasteiger partial charge in [-0.05, 0) is 0 Å². The van der Waals surface area contributed by atoms with Crippen molar-refractivity contribution in [2.75, 3.05) is 0 Å². The number of rotatable bonds is 4. The van der Waals surface area contributed by atoms with Gasteiger partial charge in [-0.2, -0.15) is 16.8 Å². The number of nitrogens with zero attached hydrogens (tertiary/aromatic N) is 8. The Morgan fingerprint density at radius 1 is 0.455 bits per heavy atom. The number of hydrogen-bond acceptors (Lipinski definition) is 7. The summed E-state index contributed by atoms with van der Waals surface area (Å²) in [4.78, 5) is 27.9. The second kappa shape index (κ2) is 11.3. The highest BCUT2D eigenvalue weighted by atomic mass is 15.2. The molecule has 0 amide bonds. The van der Waals surface area contributed by atoms with Crippen molar-refractivity contribution in [3.8, 4) is 51.2 Å². The molecule has 2 aromatic heterocycles. The van der Waals surface area contributed by atoms with Gasteiger partial charge in [-0.1, -0.05) is 121 Å². The average molecular weight is 565 g/mol. The predicted octanol–water partition coefficient (Wildman–Crippen LogP) is 7.24. The molecule has 1 aliphatic rings. The summed E-state index contributed by atoms with van der Waals surface area (Å²) in [5, 5.41) is 14.1. The third kappa shape index (κ3) is 4.59. The molecule has 0 aliphatic heterocycles. The fourth-order valence-corrected chi connectivity index (χ4v) is 5.25. The zero-order valence-electron chi connectivity index (χ0n) is 23.1. The Morgan fingerprint density at radius 2 is 0.750 bits per heavy atom. The molecule has 0 atom stereocenters. The molecule has 8 heteroatoms. The summed E-state index contributed by atoms with van der Waals surface area (Å²) in [6, 6.07) is 38.8. The minimum atomic E-state index is 0.218. The zero-order chi connectivity index (χ0) is 29.9. The average Bonchev–Trinajstić information content (AvgIpc) is 3.10. The second-order valence-corrected chi connectivity index (χ2v) is 9.81. The first-order chi connectivity index (χ1) is 21.8.